The van der Waals surface area contributed by atoms with E-state index in [4.69, 9.17) is 0 Å². The zero-order chi connectivity index (χ0) is 19.1. The van der Waals surface area contributed by atoms with Gasteiger partial charge < -0.3 is 14.8 Å². The highest BCUT2D eigenvalue weighted by molar-refractivity contribution is 9.10. The van der Waals surface area contributed by atoms with Gasteiger partial charge >= 0.3 is 0 Å². The summed E-state index contributed by atoms with van der Waals surface area (Å²) in [6, 6.07) is 10.1. The van der Waals surface area contributed by atoms with E-state index in [0.717, 1.165) is 53.1 Å². The Kier molecular flexibility index (Phi) is 4.34. The van der Waals surface area contributed by atoms with Crippen LogP contribution in [-0.2, 0) is 11.2 Å². The molecule has 5 rings (SSSR count). The van der Waals surface area contributed by atoms with Crippen molar-refractivity contribution in [1.29, 1.82) is 0 Å². The summed E-state index contributed by atoms with van der Waals surface area (Å²) in [5.74, 6) is 1.18. The lowest BCUT2D eigenvalue weighted by atomic mass is 10.1. The average molecular weight is 440 g/mol. The van der Waals surface area contributed by atoms with Gasteiger partial charge in [-0.2, -0.15) is 0 Å². The number of hydrogen-bond donors (Lipinski definition) is 1. The molecule has 3 aromatic rings. The molecule has 1 saturated carbocycles. The highest BCUT2D eigenvalue weighted by Crippen LogP contribution is 2.48. The smallest absolute Gasteiger partial charge is 0.227 e. The molecular weight excluding hydrogens is 418 g/mol. The van der Waals surface area contributed by atoms with Crippen molar-refractivity contribution in [1.82, 2.24) is 19.9 Å². The van der Waals surface area contributed by atoms with Crippen LogP contribution in [0.25, 0.3) is 11.0 Å². The fraction of sp³-hybridized carbons (Fsp3) is 0.381. The van der Waals surface area contributed by atoms with Gasteiger partial charge in [0.15, 0.2) is 0 Å². The summed E-state index contributed by atoms with van der Waals surface area (Å²) in [7, 11) is 0. The minimum Gasteiger partial charge on any atom is -0.354 e. The number of carbonyl (C=O) groups excluding carboxylic acids is 1. The van der Waals surface area contributed by atoms with Crippen LogP contribution in [0.2, 0.25) is 0 Å². The van der Waals surface area contributed by atoms with Crippen LogP contribution in [0.1, 0.15) is 18.4 Å². The van der Waals surface area contributed by atoms with Gasteiger partial charge in [0.2, 0.25) is 5.91 Å². The molecule has 1 aliphatic carbocycles. The van der Waals surface area contributed by atoms with Gasteiger partial charge in [0.25, 0.3) is 0 Å². The van der Waals surface area contributed by atoms with Crippen molar-refractivity contribution in [2.24, 2.45) is 5.41 Å². The zero-order valence-electron chi connectivity index (χ0n) is 15.6. The number of anilines is 1. The molecule has 3 heterocycles. The lowest BCUT2D eigenvalue weighted by Crippen LogP contribution is -2.37. The number of halogens is 1. The molecule has 2 aliphatic rings. The first-order valence-corrected chi connectivity index (χ1v) is 10.5. The maximum atomic E-state index is 13.0. The molecule has 1 aliphatic heterocycles. The molecule has 0 bridgehead atoms. The van der Waals surface area contributed by atoms with Gasteiger partial charge in [0, 0.05) is 42.3 Å². The van der Waals surface area contributed by atoms with E-state index in [1.54, 1.807) is 6.33 Å². The first-order chi connectivity index (χ1) is 13.6. The van der Waals surface area contributed by atoms with E-state index in [-0.39, 0.29) is 11.3 Å². The summed E-state index contributed by atoms with van der Waals surface area (Å²) in [5.41, 5.74) is 2.13. The number of hydrogen-bond acceptors (Lipinski definition) is 4. The number of benzene rings is 1. The molecular formula is C21H22BrN5O. The maximum absolute atomic E-state index is 13.0. The topological polar surface area (TPSA) is 65.1 Å². The average Bonchev–Trinajstić information content (AvgIpc) is 3.34. The first kappa shape index (κ1) is 17.7. The molecule has 0 radical (unpaired) electrons. The van der Waals surface area contributed by atoms with Crippen molar-refractivity contribution < 1.29 is 4.79 Å². The quantitative estimate of drug-likeness (QED) is 0.678. The summed E-state index contributed by atoms with van der Waals surface area (Å²) in [5, 5.41) is 1.05. The highest BCUT2D eigenvalue weighted by Gasteiger charge is 2.47. The Balaban J connectivity index is 1.36. The molecule has 28 heavy (non-hydrogen) atoms. The minimum atomic E-state index is 0.208. The van der Waals surface area contributed by atoms with Crippen molar-refractivity contribution >= 4 is 38.7 Å². The van der Waals surface area contributed by atoms with Crippen molar-refractivity contribution in [2.75, 3.05) is 31.1 Å². The Hall–Kier alpha value is -2.41. The van der Waals surface area contributed by atoms with Crippen molar-refractivity contribution in [3.05, 3.63) is 52.9 Å². The second-order valence-electron chi connectivity index (χ2n) is 7.98. The third-order valence-corrected chi connectivity index (χ3v) is 6.43. The fourth-order valence-corrected chi connectivity index (χ4v) is 4.41. The number of aromatic nitrogens is 3. The summed E-state index contributed by atoms with van der Waals surface area (Å²) in [6.07, 6.45) is 6.33. The van der Waals surface area contributed by atoms with Crippen molar-refractivity contribution in [3.63, 3.8) is 0 Å². The molecule has 0 unspecified atom stereocenters. The molecule has 0 atom stereocenters. The van der Waals surface area contributed by atoms with Crippen LogP contribution in [0.5, 0.6) is 0 Å². The number of amides is 1. The summed E-state index contributed by atoms with van der Waals surface area (Å²) >= 11 is 3.45. The number of rotatable bonds is 3. The number of H-pyrrole nitrogens is 1. The van der Waals surface area contributed by atoms with Crippen LogP contribution in [0.3, 0.4) is 0 Å². The Morgan fingerprint density at radius 1 is 1.11 bits per heavy atom. The Morgan fingerprint density at radius 3 is 2.71 bits per heavy atom. The molecule has 1 saturated heterocycles. The lowest BCUT2D eigenvalue weighted by molar-refractivity contribution is -0.130. The second kappa shape index (κ2) is 6.88. The van der Waals surface area contributed by atoms with E-state index in [9.17, 15) is 4.79 Å². The number of nitrogens with zero attached hydrogens (tertiary/aromatic N) is 4. The van der Waals surface area contributed by atoms with Crippen molar-refractivity contribution in [2.45, 2.75) is 19.3 Å². The van der Waals surface area contributed by atoms with E-state index in [0.29, 0.717) is 6.42 Å². The highest BCUT2D eigenvalue weighted by atomic mass is 79.9. The van der Waals surface area contributed by atoms with Gasteiger partial charge in [0.1, 0.15) is 17.8 Å². The van der Waals surface area contributed by atoms with E-state index in [1.807, 2.05) is 36.5 Å². The predicted molar refractivity (Wildman–Crippen MR) is 112 cm³/mol. The molecule has 144 valence electrons. The van der Waals surface area contributed by atoms with E-state index < -0.39 is 0 Å². The summed E-state index contributed by atoms with van der Waals surface area (Å²) < 4.78 is 1.03. The summed E-state index contributed by atoms with van der Waals surface area (Å²) in [6.45, 7) is 3.32. The largest absolute Gasteiger partial charge is 0.354 e. The van der Waals surface area contributed by atoms with Crippen LogP contribution >= 0.6 is 15.9 Å². The Bertz CT molecular complexity index is 1010. The molecule has 6 nitrogen and oxygen atoms in total. The molecule has 2 fully saturated rings. The number of aromatic amines is 1. The molecule has 1 N–H and O–H groups in total. The predicted octanol–water partition coefficient (Wildman–Crippen LogP) is 3.39. The summed E-state index contributed by atoms with van der Waals surface area (Å²) in [4.78, 5) is 29.4. The van der Waals surface area contributed by atoms with Gasteiger partial charge in [-0.25, -0.2) is 9.97 Å². The van der Waals surface area contributed by atoms with Gasteiger partial charge in [-0.1, -0.05) is 28.1 Å². The van der Waals surface area contributed by atoms with Crippen LogP contribution in [-0.4, -0.2) is 51.9 Å². The van der Waals surface area contributed by atoms with E-state index >= 15 is 0 Å². The number of carbonyl (C=O) groups is 1. The van der Waals surface area contributed by atoms with Crippen LogP contribution < -0.4 is 4.90 Å². The monoisotopic (exact) mass is 439 g/mol. The Morgan fingerprint density at radius 2 is 1.93 bits per heavy atom. The second-order valence-corrected chi connectivity index (χ2v) is 8.89. The molecule has 2 aromatic heterocycles. The van der Waals surface area contributed by atoms with Gasteiger partial charge in [0.05, 0.1) is 11.8 Å². The van der Waals surface area contributed by atoms with Gasteiger partial charge in [-0.15, -0.1) is 0 Å². The van der Waals surface area contributed by atoms with Gasteiger partial charge in [-0.3, -0.25) is 4.79 Å². The first-order valence-electron chi connectivity index (χ1n) is 9.67. The zero-order valence-corrected chi connectivity index (χ0v) is 17.2. The third-order valence-electron chi connectivity index (χ3n) is 5.90. The van der Waals surface area contributed by atoms with Crippen LogP contribution in [0.4, 0.5) is 5.82 Å². The Labute approximate surface area is 172 Å². The van der Waals surface area contributed by atoms with Crippen LogP contribution in [0.15, 0.2) is 47.3 Å². The number of fused-ring (bicyclic) bond motifs is 1. The maximum Gasteiger partial charge on any atom is 0.227 e. The van der Waals surface area contributed by atoms with Crippen molar-refractivity contribution in [3.8, 4) is 0 Å². The fourth-order valence-electron chi connectivity index (χ4n) is 4.15. The number of nitrogens with one attached hydrogen (secondary N) is 1. The molecule has 1 aromatic carbocycles. The van der Waals surface area contributed by atoms with Gasteiger partial charge in [-0.05, 0) is 36.6 Å². The standard InChI is InChI=1S/C21H22BrN5O/c22-16-3-1-15(2-4-16)11-18(28)26-9-10-27(13-21(12-26)6-7-21)20-17-5-8-23-19(17)24-14-25-20/h1-5,8,14H,6-7,9-13H2,(H,23,24,25). The molecule has 1 amide bonds. The van der Waals surface area contributed by atoms with E-state index in [1.165, 1.54) is 12.8 Å². The molecule has 1 spiro atoms. The third kappa shape index (κ3) is 3.39. The lowest BCUT2D eigenvalue weighted by Gasteiger charge is -2.25. The van der Waals surface area contributed by atoms with E-state index in [2.05, 4.69) is 40.7 Å². The minimum absolute atomic E-state index is 0.208. The normalized spacial score (nSPS) is 18.5. The van der Waals surface area contributed by atoms with Crippen LogP contribution in [0, 0.1) is 5.41 Å². The molecule has 7 heteroatoms. The SMILES string of the molecule is O=C(Cc1ccc(Br)cc1)N1CCN(c2ncnc3[nH]ccc23)CC2(CC2)C1.